The molecule has 4 heterocycles. The minimum absolute atomic E-state index is 0.00732. The molecule has 0 unspecified atom stereocenters. The molecule has 16 nitrogen and oxygen atoms in total. The maximum atomic E-state index is 13.2. The number of rotatable bonds is 12. The van der Waals surface area contributed by atoms with Crippen LogP contribution in [0.15, 0.2) is 54.5 Å². The highest BCUT2D eigenvalue weighted by Gasteiger charge is 2.22. The molecular formula is C33H33ClN10O6. The minimum atomic E-state index is -0.543. The topological polar surface area (TPSA) is 252 Å². The summed E-state index contributed by atoms with van der Waals surface area (Å²) in [5.41, 5.74) is 9.59. The number of nitrogens with one attached hydrogen (secondary N) is 9. The number of aromatic amines is 4. The van der Waals surface area contributed by atoms with Gasteiger partial charge in [0.2, 0.25) is 5.91 Å². The predicted octanol–water partition coefficient (Wildman–Crippen LogP) is 4.13. The van der Waals surface area contributed by atoms with E-state index in [2.05, 4.69) is 53.1 Å². The number of aromatic nitrogens is 4. The average Bonchev–Trinajstić information content (AvgIpc) is 3.83. The van der Waals surface area contributed by atoms with Gasteiger partial charge in [-0.1, -0.05) is 18.2 Å². The second-order valence-corrected chi connectivity index (χ2v) is 11.7. The SMILES string of the molecule is C=C(Cl)C(=O)Nc1ccc2[nH]c(C(=O)Nc3c[nH]c(C(=O)Nc4c[nH]c(C(=O)Nc5c[nH]c(C(=O)NCCC(N)=O)c5C)c4C)c3C)cc2c1. The van der Waals surface area contributed by atoms with E-state index < -0.39 is 35.4 Å². The Hall–Kier alpha value is -6.55. The lowest BCUT2D eigenvalue weighted by molar-refractivity contribution is -0.118. The van der Waals surface area contributed by atoms with Crippen LogP contribution >= 0.6 is 11.6 Å². The van der Waals surface area contributed by atoms with Crippen LogP contribution in [0.4, 0.5) is 22.7 Å². The summed E-state index contributed by atoms with van der Waals surface area (Å²) in [5.74, 6) is -3.01. The zero-order valence-electron chi connectivity index (χ0n) is 27.1. The third-order valence-electron chi connectivity index (χ3n) is 7.87. The van der Waals surface area contributed by atoms with E-state index in [1.54, 1.807) is 45.0 Å². The molecule has 50 heavy (non-hydrogen) atoms. The van der Waals surface area contributed by atoms with Crippen molar-refractivity contribution in [3.8, 4) is 0 Å². The van der Waals surface area contributed by atoms with E-state index in [0.717, 1.165) is 0 Å². The van der Waals surface area contributed by atoms with Gasteiger partial charge in [0.05, 0.1) is 22.1 Å². The van der Waals surface area contributed by atoms with Crippen LogP contribution in [0.3, 0.4) is 0 Å². The molecule has 0 radical (unpaired) electrons. The molecule has 11 N–H and O–H groups in total. The highest BCUT2D eigenvalue weighted by Crippen LogP contribution is 2.26. The van der Waals surface area contributed by atoms with E-state index in [0.29, 0.717) is 50.3 Å². The molecule has 0 saturated carbocycles. The zero-order chi connectivity index (χ0) is 36.3. The second-order valence-electron chi connectivity index (χ2n) is 11.3. The van der Waals surface area contributed by atoms with Gasteiger partial charge in [-0.2, -0.15) is 0 Å². The van der Waals surface area contributed by atoms with E-state index in [-0.39, 0.29) is 40.8 Å². The van der Waals surface area contributed by atoms with E-state index >= 15 is 0 Å². The monoisotopic (exact) mass is 700 g/mol. The first-order valence-corrected chi connectivity index (χ1v) is 15.4. The molecule has 258 valence electrons. The van der Waals surface area contributed by atoms with Crippen LogP contribution in [0, 0.1) is 20.8 Å². The number of hydrogen-bond donors (Lipinski definition) is 10. The van der Waals surface area contributed by atoms with Crippen LogP contribution in [0.2, 0.25) is 0 Å². The molecule has 0 atom stereocenters. The Morgan fingerprint density at radius 2 is 1.22 bits per heavy atom. The summed E-state index contributed by atoms with van der Waals surface area (Å²) in [7, 11) is 0. The molecule has 17 heteroatoms. The summed E-state index contributed by atoms with van der Waals surface area (Å²) in [5, 5.41) is 14.0. The van der Waals surface area contributed by atoms with Crippen LogP contribution in [0.5, 0.6) is 0 Å². The molecule has 1 aromatic carbocycles. The van der Waals surface area contributed by atoms with Gasteiger partial charge >= 0.3 is 0 Å². The molecule has 5 rings (SSSR count). The van der Waals surface area contributed by atoms with Gasteiger partial charge < -0.3 is 52.3 Å². The predicted molar refractivity (Wildman–Crippen MR) is 189 cm³/mol. The number of benzene rings is 1. The fraction of sp³-hybridized carbons (Fsp3) is 0.152. The Bertz CT molecular complexity index is 2200. The summed E-state index contributed by atoms with van der Waals surface area (Å²) in [6, 6.07) is 6.66. The van der Waals surface area contributed by atoms with E-state index in [1.807, 2.05) is 0 Å². The van der Waals surface area contributed by atoms with Crippen molar-refractivity contribution in [3.05, 3.63) is 93.9 Å². The third-order valence-corrected chi connectivity index (χ3v) is 8.04. The molecule has 4 aromatic heterocycles. The molecule has 6 amide bonds. The Morgan fingerprint density at radius 1 is 0.720 bits per heavy atom. The number of nitrogens with two attached hydrogens (primary N) is 1. The maximum Gasteiger partial charge on any atom is 0.272 e. The van der Waals surface area contributed by atoms with Gasteiger partial charge in [0.1, 0.15) is 22.8 Å². The summed E-state index contributed by atoms with van der Waals surface area (Å²) >= 11 is 5.64. The summed E-state index contributed by atoms with van der Waals surface area (Å²) in [6.45, 7) is 8.44. The van der Waals surface area contributed by atoms with Crippen molar-refractivity contribution in [1.82, 2.24) is 25.3 Å². The summed E-state index contributed by atoms with van der Waals surface area (Å²) in [4.78, 5) is 86.2. The van der Waals surface area contributed by atoms with Crippen LogP contribution in [-0.2, 0) is 9.59 Å². The smallest absolute Gasteiger partial charge is 0.272 e. The fourth-order valence-electron chi connectivity index (χ4n) is 5.06. The second kappa shape index (κ2) is 14.3. The minimum Gasteiger partial charge on any atom is -0.370 e. The number of anilines is 4. The first kappa shape index (κ1) is 34.8. The van der Waals surface area contributed by atoms with Gasteiger partial charge in [0.25, 0.3) is 29.5 Å². The van der Waals surface area contributed by atoms with Crippen molar-refractivity contribution >= 4 is 80.7 Å². The number of fused-ring (bicyclic) bond motifs is 1. The lowest BCUT2D eigenvalue weighted by Crippen LogP contribution is -2.28. The number of primary amides is 1. The number of H-pyrrole nitrogens is 4. The number of hydrogen-bond acceptors (Lipinski definition) is 6. The van der Waals surface area contributed by atoms with Crippen LogP contribution in [0.25, 0.3) is 10.9 Å². The first-order chi connectivity index (χ1) is 23.7. The molecule has 0 aliphatic heterocycles. The van der Waals surface area contributed by atoms with Crippen LogP contribution in [-0.4, -0.2) is 61.9 Å². The lowest BCUT2D eigenvalue weighted by Gasteiger charge is -2.07. The van der Waals surface area contributed by atoms with Crippen molar-refractivity contribution < 1.29 is 28.8 Å². The van der Waals surface area contributed by atoms with Gasteiger partial charge in [-0.3, -0.25) is 28.8 Å². The summed E-state index contributed by atoms with van der Waals surface area (Å²) < 4.78 is 0. The van der Waals surface area contributed by atoms with Gasteiger partial charge in [-0.15, -0.1) is 0 Å². The third kappa shape index (κ3) is 7.44. The van der Waals surface area contributed by atoms with E-state index in [9.17, 15) is 28.8 Å². The first-order valence-electron chi connectivity index (χ1n) is 15.1. The van der Waals surface area contributed by atoms with Crippen LogP contribution in [0.1, 0.15) is 65.1 Å². The molecule has 0 saturated heterocycles. The van der Waals surface area contributed by atoms with Gasteiger partial charge in [0, 0.05) is 64.8 Å². The van der Waals surface area contributed by atoms with Gasteiger partial charge in [-0.25, -0.2) is 0 Å². The van der Waals surface area contributed by atoms with E-state index in [4.69, 9.17) is 17.3 Å². The molecular weight excluding hydrogens is 668 g/mol. The summed E-state index contributed by atoms with van der Waals surface area (Å²) in [6.07, 6.45) is 4.43. The largest absolute Gasteiger partial charge is 0.370 e. The highest BCUT2D eigenvalue weighted by atomic mass is 35.5. The number of carbonyl (C=O) groups is 6. The zero-order valence-corrected chi connectivity index (χ0v) is 27.8. The Labute approximate surface area is 289 Å². The average molecular weight is 701 g/mol. The Balaban J connectivity index is 1.21. The fourth-order valence-corrected chi connectivity index (χ4v) is 5.11. The van der Waals surface area contributed by atoms with Gasteiger partial charge in [0.15, 0.2) is 0 Å². The normalized spacial score (nSPS) is 10.8. The van der Waals surface area contributed by atoms with Crippen molar-refractivity contribution in [2.45, 2.75) is 27.2 Å². The Kier molecular flexibility index (Phi) is 9.94. The van der Waals surface area contributed by atoms with Crippen molar-refractivity contribution in [2.75, 3.05) is 27.8 Å². The van der Waals surface area contributed by atoms with Crippen molar-refractivity contribution in [2.24, 2.45) is 5.73 Å². The molecule has 0 spiro atoms. The quantitative estimate of drug-likeness (QED) is 0.0856. The number of amides is 6. The van der Waals surface area contributed by atoms with Crippen LogP contribution < -0.4 is 32.3 Å². The number of halogens is 1. The Morgan fingerprint density at radius 3 is 1.72 bits per heavy atom. The maximum absolute atomic E-state index is 13.2. The molecule has 0 aliphatic carbocycles. The number of carbonyl (C=O) groups excluding carboxylic acids is 6. The van der Waals surface area contributed by atoms with Gasteiger partial charge in [-0.05, 0) is 45.0 Å². The highest BCUT2D eigenvalue weighted by molar-refractivity contribution is 6.43. The molecule has 0 aliphatic rings. The van der Waals surface area contributed by atoms with E-state index in [1.165, 1.54) is 18.6 Å². The standard InChI is InChI=1S/C33H33ClN10O6/c1-14-23(12-37-26(14)31(48)36-8-7-25(35)45)43-33(50)28-16(3)24(13-39-28)44-32(49)27-15(2)22(11-38-27)42-30(47)21-10-18-9-19(5-6-20(18)41-21)40-29(46)17(4)34/h5-6,9-13,37-39,41H,4,7-8H2,1-3H3,(H2,35,45)(H,36,48)(H,40,46)(H,42,47)(H,43,50)(H,44,49). The molecule has 5 aromatic rings. The molecule has 0 bridgehead atoms. The van der Waals surface area contributed by atoms with Crippen molar-refractivity contribution in [1.29, 1.82) is 0 Å². The van der Waals surface area contributed by atoms with Crippen molar-refractivity contribution in [3.63, 3.8) is 0 Å². The molecule has 0 fully saturated rings. The lowest BCUT2D eigenvalue weighted by atomic mass is 10.2.